The van der Waals surface area contributed by atoms with Crippen molar-refractivity contribution in [3.05, 3.63) is 0 Å². The zero-order chi connectivity index (χ0) is 11.3. The third kappa shape index (κ3) is 4.62. The molecular weight excluding hydrogens is 194 g/mol. The largest absolute Gasteiger partial charge is 0.466 e. The van der Waals surface area contributed by atoms with Crippen LogP contribution in [0.4, 0.5) is 0 Å². The standard InChI is InChI=1S/C11H21NO3/c1-3-15-11(14)6-10(13)7-12-9-4-8(2)5-9/h8-10,12-13H,3-7H2,1-2H3. The van der Waals surface area contributed by atoms with Gasteiger partial charge in [-0.25, -0.2) is 0 Å². The third-order valence-corrected chi connectivity index (χ3v) is 2.72. The highest BCUT2D eigenvalue weighted by Gasteiger charge is 2.25. The zero-order valence-corrected chi connectivity index (χ0v) is 9.53. The quantitative estimate of drug-likeness (QED) is 0.640. The van der Waals surface area contributed by atoms with Crippen LogP contribution in [0.2, 0.25) is 0 Å². The first-order valence-electron chi connectivity index (χ1n) is 5.68. The van der Waals surface area contributed by atoms with Gasteiger partial charge in [0.2, 0.25) is 0 Å². The number of hydrogen-bond acceptors (Lipinski definition) is 4. The average molecular weight is 215 g/mol. The summed E-state index contributed by atoms with van der Waals surface area (Å²) in [5.41, 5.74) is 0. The maximum Gasteiger partial charge on any atom is 0.308 e. The highest BCUT2D eigenvalue weighted by atomic mass is 16.5. The van der Waals surface area contributed by atoms with Gasteiger partial charge >= 0.3 is 5.97 Å². The molecular formula is C11H21NO3. The van der Waals surface area contributed by atoms with E-state index in [0.717, 1.165) is 5.92 Å². The second kappa shape index (κ2) is 6.08. The summed E-state index contributed by atoms with van der Waals surface area (Å²) in [6.45, 7) is 4.83. The van der Waals surface area contributed by atoms with E-state index in [1.807, 2.05) is 0 Å². The van der Waals surface area contributed by atoms with Gasteiger partial charge in [-0.1, -0.05) is 6.92 Å². The lowest BCUT2D eigenvalue weighted by Crippen LogP contribution is -2.43. The van der Waals surface area contributed by atoms with Gasteiger partial charge in [0.1, 0.15) is 0 Å². The Morgan fingerprint density at radius 1 is 1.60 bits per heavy atom. The zero-order valence-electron chi connectivity index (χ0n) is 9.53. The first kappa shape index (κ1) is 12.5. The third-order valence-electron chi connectivity index (χ3n) is 2.72. The Morgan fingerprint density at radius 2 is 2.27 bits per heavy atom. The molecule has 1 rings (SSSR count). The monoisotopic (exact) mass is 215 g/mol. The molecule has 1 saturated carbocycles. The van der Waals surface area contributed by atoms with Crippen molar-refractivity contribution in [1.29, 1.82) is 0 Å². The van der Waals surface area contributed by atoms with Gasteiger partial charge in [0.25, 0.3) is 0 Å². The summed E-state index contributed by atoms with van der Waals surface area (Å²) in [6, 6.07) is 0.525. The molecule has 4 nitrogen and oxygen atoms in total. The minimum absolute atomic E-state index is 0.0864. The summed E-state index contributed by atoms with van der Waals surface area (Å²) in [6.07, 6.45) is 1.81. The van der Waals surface area contributed by atoms with Crippen molar-refractivity contribution in [3.8, 4) is 0 Å². The molecule has 1 aliphatic rings. The van der Waals surface area contributed by atoms with E-state index in [-0.39, 0.29) is 12.4 Å². The molecule has 2 N–H and O–H groups in total. The summed E-state index contributed by atoms with van der Waals surface area (Å²) in [7, 11) is 0. The fourth-order valence-corrected chi connectivity index (χ4v) is 1.86. The van der Waals surface area contributed by atoms with E-state index >= 15 is 0 Å². The number of aliphatic hydroxyl groups is 1. The van der Waals surface area contributed by atoms with Crippen LogP contribution in [0.25, 0.3) is 0 Å². The maximum absolute atomic E-state index is 11.0. The minimum atomic E-state index is -0.625. The summed E-state index contributed by atoms with van der Waals surface area (Å²) in [5, 5.41) is 12.8. The normalized spacial score (nSPS) is 26.9. The lowest BCUT2D eigenvalue weighted by molar-refractivity contribution is -0.145. The van der Waals surface area contributed by atoms with E-state index < -0.39 is 6.10 Å². The Balaban J connectivity index is 2.03. The number of carbonyl (C=O) groups is 1. The van der Waals surface area contributed by atoms with Gasteiger partial charge in [0, 0.05) is 12.6 Å². The minimum Gasteiger partial charge on any atom is -0.466 e. The molecule has 88 valence electrons. The highest BCUT2D eigenvalue weighted by Crippen LogP contribution is 2.26. The molecule has 0 bridgehead atoms. The van der Waals surface area contributed by atoms with Gasteiger partial charge in [-0.15, -0.1) is 0 Å². The number of aliphatic hydroxyl groups excluding tert-OH is 1. The Morgan fingerprint density at radius 3 is 2.80 bits per heavy atom. The molecule has 0 radical (unpaired) electrons. The predicted octanol–water partition coefficient (Wildman–Crippen LogP) is 0.689. The van der Waals surface area contributed by atoms with Crippen molar-refractivity contribution < 1.29 is 14.6 Å². The van der Waals surface area contributed by atoms with Crippen LogP contribution in [0.5, 0.6) is 0 Å². The molecule has 0 aliphatic heterocycles. The van der Waals surface area contributed by atoms with Crippen molar-refractivity contribution in [2.75, 3.05) is 13.2 Å². The molecule has 0 saturated heterocycles. The molecule has 1 atom stereocenters. The summed E-state index contributed by atoms with van der Waals surface area (Å²) in [4.78, 5) is 11.0. The Hall–Kier alpha value is -0.610. The van der Waals surface area contributed by atoms with Crippen LogP contribution >= 0.6 is 0 Å². The van der Waals surface area contributed by atoms with E-state index in [2.05, 4.69) is 12.2 Å². The van der Waals surface area contributed by atoms with Crippen LogP contribution in [0.1, 0.15) is 33.1 Å². The van der Waals surface area contributed by atoms with E-state index in [0.29, 0.717) is 19.2 Å². The number of rotatable bonds is 6. The predicted molar refractivity (Wildman–Crippen MR) is 57.4 cm³/mol. The Bertz CT molecular complexity index is 202. The number of ether oxygens (including phenoxy) is 1. The number of nitrogens with one attached hydrogen (secondary N) is 1. The van der Waals surface area contributed by atoms with Gasteiger partial charge in [0.05, 0.1) is 19.1 Å². The molecule has 0 aromatic heterocycles. The SMILES string of the molecule is CCOC(=O)CC(O)CNC1CC(C)C1. The van der Waals surface area contributed by atoms with Gasteiger partial charge in [0.15, 0.2) is 0 Å². The van der Waals surface area contributed by atoms with Crippen molar-refractivity contribution in [1.82, 2.24) is 5.32 Å². The molecule has 4 heteroatoms. The fraction of sp³-hybridized carbons (Fsp3) is 0.909. The van der Waals surface area contributed by atoms with E-state index in [4.69, 9.17) is 4.74 Å². The van der Waals surface area contributed by atoms with Crippen molar-refractivity contribution in [3.63, 3.8) is 0 Å². The highest BCUT2D eigenvalue weighted by molar-refractivity contribution is 5.69. The molecule has 0 spiro atoms. The van der Waals surface area contributed by atoms with Crippen LogP contribution in [0.3, 0.4) is 0 Å². The molecule has 15 heavy (non-hydrogen) atoms. The molecule has 1 aliphatic carbocycles. The van der Waals surface area contributed by atoms with Crippen LogP contribution in [0.15, 0.2) is 0 Å². The van der Waals surface area contributed by atoms with Gasteiger partial charge in [-0.05, 0) is 25.7 Å². The molecule has 0 amide bonds. The second-order valence-corrected chi connectivity index (χ2v) is 4.34. The van der Waals surface area contributed by atoms with E-state index in [9.17, 15) is 9.90 Å². The van der Waals surface area contributed by atoms with Gasteiger partial charge in [-0.3, -0.25) is 4.79 Å². The molecule has 0 aromatic rings. The van der Waals surface area contributed by atoms with Crippen LogP contribution in [-0.4, -0.2) is 36.4 Å². The lowest BCUT2D eigenvalue weighted by atomic mass is 9.82. The van der Waals surface area contributed by atoms with E-state index in [1.165, 1.54) is 12.8 Å². The molecule has 0 aromatic carbocycles. The smallest absolute Gasteiger partial charge is 0.308 e. The Kier molecular flexibility index (Phi) is 5.05. The second-order valence-electron chi connectivity index (χ2n) is 4.34. The number of hydrogen-bond donors (Lipinski definition) is 2. The number of esters is 1. The van der Waals surface area contributed by atoms with Crippen LogP contribution in [-0.2, 0) is 9.53 Å². The molecule has 1 fully saturated rings. The summed E-state index contributed by atoms with van der Waals surface area (Å²) < 4.78 is 4.75. The lowest BCUT2D eigenvalue weighted by Gasteiger charge is -2.34. The van der Waals surface area contributed by atoms with E-state index in [1.54, 1.807) is 6.92 Å². The first-order chi connectivity index (χ1) is 7.11. The molecule has 0 heterocycles. The summed E-state index contributed by atoms with van der Waals surface area (Å²) in [5.74, 6) is 0.471. The summed E-state index contributed by atoms with van der Waals surface area (Å²) >= 11 is 0. The number of carbonyl (C=O) groups excluding carboxylic acids is 1. The van der Waals surface area contributed by atoms with Gasteiger partial charge in [-0.2, -0.15) is 0 Å². The fourth-order valence-electron chi connectivity index (χ4n) is 1.86. The average Bonchev–Trinajstić information content (AvgIpc) is 2.11. The van der Waals surface area contributed by atoms with Gasteiger partial charge < -0.3 is 15.2 Å². The topological polar surface area (TPSA) is 58.6 Å². The Labute approximate surface area is 91.0 Å². The van der Waals surface area contributed by atoms with Crippen molar-refractivity contribution in [2.24, 2.45) is 5.92 Å². The first-order valence-corrected chi connectivity index (χ1v) is 5.68. The van der Waals surface area contributed by atoms with Crippen LogP contribution in [0, 0.1) is 5.92 Å². The van der Waals surface area contributed by atoms with Crippen molar-refractivity contribution >= 4 is 5.97 Å². The van der Waals surface area contributed by atoms with Crippen LogP contribution < -0.4 is 5.32 Å². The van der Waals surface area contributed by atoms with Crippen molar-refractivity contribution in [2.45, 2.75) is 45.3 Å². The molecule has 1 unspecified atom stereocenters. The maximum atomic E-state index is 11.0.